The fourth-order valence-electron chi connectivity index (χ4n) is 12.0. The Bertz CT molecular complexity index is 1320. The van der Waals surface area contributed by atoms with Crippen LogP contribution in [-0.4, -0.2) is 48.8 Å². The molecule has 258 valence electrons. The first-order valence-corrected chi connectivity index (χ1v) is 17.5. The first kappa shape index (κ1) is 34.9. The molecule has 0 unspecified atom stereocenters. The van der Waals surface area contributed by atoms with Gasteiger partial charge in [-0.2, -0.15) is 0 Å². The van der Waals surface area contributed by atoms with Gasteiger partial charge in [0, 0.05) is 43.9 Å². The van der Waals surface area contributed by atoms with Gasteiger partial charge in [-0.05, 0) is 85.4 Å². The molecule has 0 aliphatic heterocycles. The van der Waals surface area contributed by atoms with E-state index in [0.717, 1.165) is 51.4 Å². The highest BCUT2D eigenvalue weighted by Crippen LogP contribution is 2.76. The summed E-state index contributed by atoms with van der Waals surface area (Å²) in [5.74, 6) is -0.461. The Morgan fingerprint density at radius 1 is 0.696 bits per heavy atom. The molecular formula is C38H58O8. The van der Waals surface area contributed by atoms with Gasteiger partial charge < -0.3 is 18.9 Å². The summed E-state index contributed by atoms with van der Waals surface area (Å²) in [5.41, 5.74) is 0.206. The van der Waals surface area contributed by atoms with Crippen LogP contribution >= 0.6 is 0 Å². The summed E-state index contributed by atoms with van der Waals surface area (Å²) >= 11 is 0. The Balaban J connectivity index is 1.56. The van der Waals surface area contributed by atoms with Crippen molar-refractivity contribution in [3.8, 4) is 0 Å². The van der Waals surface area contributed by atoms with Crippen LogP contribution in [-0.2, 0) is 38.1 Å². The lowest BCUT2D eigenvalue weighted by Gasteiger charge is -2.72. The van der Waals surface area contributed by atoms with E-state index in [4.69, 9.17) is 18.9 Å². The van der Waals surface area contributed by atoms with Crippen LogP contribution in [0.4, 0.5) is 0 Å². The zero-order valence-corrected chi connectivity index (χ0v) is 30.2. The van der Waals surface area contributed by atoms with Crippen molar-refractivity contribution in [3.63, 3.8) is 0 Å². The lowest BCUT2D eigenvalue weighted by atomic mass is 9.33. The Hall–Kier alpha value is -2.38. The number of hydrogen-bond acceptors (Lipinski definition) is 8. The highest BCUT2D eigenvalue weighted by Gasteiger charge is 2.71. The first-order valence-electron chi connectivity index (χ1n) is 17.5. The summed E-state index contributed by atoms with van der Waals surface area (Å²) < 4.78 is 23.7. The van der Waals surface area contributed by atoms with E-state index in [1.54, 1.807) is 0 Å². The van der Waals surface area contributed by atoms with Crippen molar-refractivity contribution < 1.29 is 38.1 Å². The molecule has 0 amide bonds. The van der Waals surface area contributed by atoms with Crippen LogP contribution in [0.25, 0.3) is 0 Å². The van der Waals surface area contributed by atoms with Gasteiger partial charge in [-0.1, -0.05) is 60.1 Å². The molecule has 8 heteroatoms. The quantitative estimate of drug-likeness (QED) is 0.174. The lowest BCUT2D eigenvalue weighted by Crippen LogP contribution is -2.68. The maximum atomic E-state index is 12.5. The second-order valence-electron chi connectivity index (χ2n) is 17.5. The zero-order chi connectivity index (χ0) is 34.3. The molecule has 0 aromatic rings. The topological polar surface area (TPSA) is 105 Å². The molecule has 11 atom stereocenters. The molecule has 0 radical (unpaired) electrons. The fourth-order valence-corrected chi connectivity index (χ4v) is 12.0. The van der Waals surface area contributed by atoms with E-state index >= 15 is 0 Å². The van der Waals surface area contributed by atoms with Gasteiger partial charge in [0.15, 0.2) is 0 Å². The van der Waals surface area contributed by atoms with Gasteiger partial charge in [-0.15, -0.1) is 0 Å². The molecular weight excluding hydrogens is 584 g/mol. The van der Waals surface area contributed by atoms with E-state index in [9.17, 15) is 19.2 Å². The standard InChI is InChI=1S/C38H58O8/c1-22(39)43-21-36(9)28-14-17-38(11)29(35(28,8)16-15-30(36)44-23(2)40)13-12-26-27-20-33(5,6)31(45-24(3)41)32(46-25(4)42)34(27,7)18-19-37(26,38)10/h12,27-32H,13-21H2,1-11H3/t27-,28+,29+,30-,31-,32+,34+,35-,36+,37+,38+/m0/s1. The molecule has 46 heavy (non-hydrogen) atoms. The van der Waals surface area contributed by atoms with E-state index in [-0.39, 0.29) is 75.5 Å². The van der Waals surface area contributed by atoms with E-state index in [2.05, 4.69) is 54.5 Å². The van der Waals surface area contributed by atoms with Crippen molar-refractivity contribution in [2.24, 2.45) is 50.2 Å². The second kappa shape index (κ2) is 11.4. The van der Waals surface area contributed by atoms with Crippen LogP contribution in [0.15, 0.2) is 11.6 Å². The van der Waals surface area contributed by atoms with Crippen LogP contribution in [0.1, 0.15) is 128 Å². The molecule has 0 aromatic carbocycles. The van der Waals surface area contributed by atoms with E-state index in [1.165, 1.54) is 33.3 Å². The summed E-state index contributed by atoms with van der Waals surface area (Å²) in [7, 11) is 0. The number of fused-ring (bicyclic) bond motifs is 7. The van der Waals surface area contributed by atoms with Gasteiger partial charge >= 0.3 is 23.9 Å². The minimum absolute atomic E-state index is 0.0219. The number of esters is 4. The van der Waals surface area contributed by atoms with Crippen LogP contribution in [0.3, 0.4) is 0 Å². The summed E-state index contributed by atoms with van der Waals surface area (Å²) in [6, 6.07) is 0. The molecule has 0 N–H and O–H groups in total. The van der Waals surface area contributed by atoms with E-state index < -0.39 is 17.6 Å². The van der Waals surface area contributed by atoms with Crippen LogP contribution in [0.2, 0.25) is 0 Å². The summed E-state index contributed by atoms with van der Waals surface area (Å²) in [4.78, 5) is 49.0. The minimum atomic E-state index is -0.523. The minimum Gasteiger partial charge on any atom is -0.465 e. The molecule has 0 spiro atoms. The van der Waals surface area contributed by atoms with Crippen LogP contribution in [0, 0.1) is 50.2 Å². The highest BCUT2D eigenvalue weighted by molar-refractivity contribution is 5.68. The molecule has 5 aliphatic carbocycles. The predicted molar refractivity (Wildman–Crippen MR) is 173 cm³/mol. The van der Waals surface area contributed by atoms with E-state index in [1.807, 2.05) is 0 Å². The molecule has 0 aromatic heterocycles. The Morgan fingerprint density at radius 3 is 1.89 bits per heavy atom. The third-order valence-corrected chi connectivity index (χ3v) is 14.5. The Kier molecular flexibility index (Phi) is 8.63. The molecule has 0 heterocycles. The van der Waals surface area contributed by atoms with Gasteiger partial charge in [-0.3, -0.25) is 19.2 Å². The summed E-state index contributed by atoms with van der Waals surface area (Å²) in [6.45, 7) is 22.2. The third-order valence-electron chi connectivity index (χ3n) is 14.5. The SMILES string of the molecule is CC(=O)OC[C@]1(C)[C@@H]2CC[C@]3(C)[C@H](CC=C4[C@@H]5CC(C)(C)[C@@H](OC(C)=O)[C@@H](OC(C)=O)[C@]5(C)CC[C@]43C)[C@@]2(C)CC[C@@H]1OC(C)=O. The van der Waals surface area contributed by atoms with Gasteiger partial charge in [-0.25, -0.2) is 0 Å². The highest BCUT2D eigenvalue weighted by atomic mass is 16.6. The number of allylic oxidation sites excluding steroid dienone is 2. The third kappa shape index (κ3) is 5.14. The summed E-state index contributed by atoms with van der Waals surface area (Å²) in [6.07, 6.45) is 8.57. The van der Waals surface area contributed by atoms with Crippen molar-refractivity contribution in [1.29, 1.82) is 0 Å². The van der Waals surface area contributed by atoms with Gasteiger partial charge in [0.25, 0.3) is 0 Å². The monoisotopic (exact) mass is 642 g/mol. The fraction of sp³-hybridized carbons (Fsp3) is 0.842. The molecule has 5 aliphatic rings. The van der Waals surface area contributed by atoms with Crippen LogP contribution < -0.4 is 0 Å². The van der Waals surface area contributed by atoms with Gasteiger partial charge in [0.2, 0.25) is 0 Å². The second-order valence-corrected chi connectivity index (χ2v) is 17.5. The van der Waals surface area contributed by atoms with Crippen molar-refractivity contribution in [3.05, 3.63) is 11.6 Å². The number of carbonyl (C=O) groups excluding carboxylic acids is 4. The van der Waals surface area contributed by atoms with Gasteiger partial charge in [0.1, 0.15) is 24.9 Å². The predicted octanol–water partition coefficient (Wildman–Crippen LogP) is 7.37. The molecule has 4 fully saturated rings. The average Bonchev–Trinajstić information content (AvgIpc) is 2.92. The average molecular weight is 643 g/mol. The van der Waals surface area contributed by atoms with Crippen molar-refractivity contribution in [2.45, 2.75) is 146 Å². The smallest absolute Gasteiger partial charge is 0.303 e. The molecule has 4 saturated carbocycles. The first-order chi connectivity index (χ1) is 21.2. The lowest BCUT2D eigenvalue weighted by molar-refractivity contribution is -0.238. The van der Waals surface area contributed by atoms with Crippen LogP contribution in [0.5, 0.6) is 0 Å². The number of ether oxygens (including phenoxy) is 4. The Morgan fingerprint density at radius 2 is 1.30 bits per heavy atom. The summed E-state index contributed by atoms with van der Waals surface area (Å²) in [5, 5.41) is 0. The molecule has 8 nitrogen and oxygen atoms in total. The molecule has 0 bridgehead atoms. The maximum absolute atomic E-state index is 12.5. The van der Waals surface area contributed by atoms with E-state index in [0.29, 0.717) is 5.92 Å². The molecule has 5 rings (SSSR count). The maximum Gasteiger partial charge on any atom is 0.303 e. The normalized spacial score (nSPS) is 45.8. The van der Waals surface area contributed by atoms with Crippen molar-refractivity contribution in [1.82, 2.24) is 0 Å². The zero-order valence-electron chi connectivity index (χ0n) is 30.2. The number of carbonyl (C=O) groups is 4. The van der Waals surface area contributed by atoms with Crippen molar-refractivity contribution in [2.75, 3.05) is 6.61 Å². The largest absolute Gasteiger partial charge is 0.465 e. The molecule has 0 saturated heterocycles. The van der Waals surface area contributed by atoms with Gasteiger partial charge in [0.05, 0.1) is 0 Å². The number of hydrogen-bond donors (Lipinski definition) is 0. The Labute approximate surface area is 276 Å². The number of rotatable bonds is 5. The van der Waals surface area contributed by atoms with Crippen molar-refractivity contribution >= 4 is 23.9 Å².